The molecule has 1 aromatic rings. The standard InChI is InChI=1S/C15H19N3O3S2/c1-18(14(20)10-23-15-16-6-7-22-15)9-13(19)17-11-4-3-5-12(8-11)21-2/h3-5,8H,6-7,9-10H2,1-2H3,(H,17,19). The van der Waals surface area contributed by atoms with Crippen molar-refractivity contribution in [2.24, 2.45) is 4.99 Å². The van der Waals surface area contributed by atoms with Gasteiger partial charge in [-0.15, -0.1) is 0 Å². The summed E-state index contributed by atoms with van der Waals surface area (Å²) in [5, 5.41) is 2.75. The summed E-state index contributed by atoms with van der Waals surface area (Å²) in [4.78, 5) is 29.7. The molecular weight excluding hydrogens is 334 g/mol. The highest BCUT2D eigenvalue weighted by atomic mass is 32.2. The Balaban J connectivity index is 1.77. The van der Waals surface area contributed by atoms with Gasteiger partial charge in [0.05, 0.1) is 26.0 Å². The summed E-state index contributed by atoms with van der Waals surface area (Å²) in [5.74, 6) is 1.61. The SMILES string of the molecule is COc1cccc(NC(=O)CN(C)C(=O)CSC2=NCCS2)c1. The molecule has 0 spiro atoms. The monoisotopic (exact) mass is 353 g/mol. The molecule has 1 aliphatic rings. The molecule has 1 N–H and O–H groups in total. The van der Waals surface area contributed by atoms with Gasteiger partial charge >= 0.3 is 0 Å². The molecule has 0 saturated heterocycles. The number of rotatable bonds is 6. The fraction of sp³-hybridized carbons (Fsp3) is 0.400. The van der Waals surface area contributed by atoms with Crippen LogP contribution in [0.15, 0.2) is 29.3 Å². The molecule has 0 bridgehead atoms. The molecular formula is C15H19N3O3S2. The molecule has 0 saturated carbocycles. The van der Waals surface area contributed by atoms with Gasteiger partial charge in [-0.25, -0.2) is 0 Å². The predicted molar refractivity (Wildman–Crippen MR) is 96.5 cm³/mol. The number of ether oxygens (including phenoxy) is 1. The second-order valence-corrected chi connectivity index (χ2v) is 7.12. The molecule has 0 unspecified atom stereocenters. The number of carbonyl (C=O) groups excluding carboxylic acids is 2. The van der Waals surface area contributed by atoms with Gasteiger partial charge < -0.3 is 15.0 Å². The molecule has 1 heterocycles. The zero-order chi connectivity index (χ0) is 16.7. The molecule has 0 aliphatic carbocycles. The highest BCUT2D eigenvalue weighted by molar-refractivity contribution is 8.39. The highest BCUT2D eigenvalue weighted by Gasteiger charge is 2.16. The normalized spacial score (nSPS) is 13.4. The third kappa shape index (κ3) is 5.80. The van der Waals surface area contributed by atoms with E-state index in [-0.39, 0.29) is 18.4 Å². The third-order valence-electron chi connectivity index (χ3n) is 3.04. The van der Waals surface area contributed by atoms with Crippen LogP contribution in [0, 0.1) is 0 Å². The Bertz CT molecular complexity index is 607. The van der Waals surface area contributed by atoms with Crippen molar-refractivity contribution < 1.29 is 14.3 Å². The van der Waals surface area contributed by atoms with Crippen molar-refractivity contribution in [3.05, 3.63) is 24.3 Å². The first-order valence-corrected chi connectivity index (χ1v) is 9.03. The lowest BCUT2D eigenvalue weighted by Gasteiger charge is -2.16. The van der Waals surface area contributed by atoms with Gasteiger partial charge in [0.15, 0.2) is 0 Å². The van der Waals surface area contributed by atoms with Gasteiger partial charge in [-0.05, 0) is 12.1 Å². The summed E-state index contributed by atoms with van der Waals surface area (Å²) in [5.41, 5.74) is 0.640. The van der Waals surface area contributed by atoms with Gasteiger partial charge in [0.25, 0.3) is 0 Å². The van der Waals surface area contributed by atoms with Gasteiger partial charge in [-0.3, -0.25) is 14.6 Å². The molecule has 2 amide bonds. The summed E-state index contributed by atoms with van der Waals surface area (Å²) < 4.78 is 6.06. The van der Waals surface area contributed by atoms with Crippen LogP contribution in [0.25, 0.3) is 0 Å². The molecule has 0 radical (unpaired) electrons. The minimum Gasteiger partial charge on any atom is -0.497 e. The first-order valence-electron chi connectivity index (χ1n) is 7.06. The number of hydrogen-bond acceptors (Lipinski definition) is 6. The average molecular weight is 353 g/mol. The van der Waals surface area contributed by atoms with Gasteiger partial charge in [0.2, 0.25) is 11.8 Å². The smallest absolute Gasteiger partial charge is 0.243 e. The molecule has 0 atom stereocenters. The minimum absolute atomic E-state index is 0.0101. The number of hydrogen-bond donors (Lipinski definition) is 1. The number of aliphatic imine (C=N–C) groups is 1. The number of thioether (sulfide) groups is 2. The minimum atomic E-state index is -0.244. The van der Waals surface area contributed by atoms with Crippen LogP contribution in [0.5, 0.6) is 5.75 Å². The van der Waals surface area contributed by atoms with Crippen molar-refractivity contribution in [1.29, 1.82) is 0 Å². The van der Waals surface area contributed by atoms with Crippen LogP contribution in [-0.4, -0.2) is 59.8 Å². The highest BCUT2D eigenvalue weighted by Crippen LogP contribution is 2.22. The topological polar surface area (TPSA) is 71.0 Å². The molecule has 124 valence electrons. The first-order chi connectivity index (χ1) is 11.1. The average Bonchev–Trinajstić information content (AvgIpc) is 3.06. The maximum Gasteiger partial charge on any atom is 0.243 e. The van der Waals surface area contributed by atoms with E-state index in [0.29, 0.717) is 17.2 Å². The Labute approximate surface area is 144 Å². The third-order valence-corrected chi connectivity index (χ3v) is 5.27. The number of carbonyl (C=O) groups is 2. The van der Waals surface area contributed by atoms with Crippen LogP contribution < -0.4 is 10.1 Å². The van der Waals surface area contributed by atoms with Crippen LogP contribution in [0.3, 0.4) is 0 Å². The van der Waals surface area contributed by atoms with Crippen LogP contribution in [0.1, 0.15) is 0 Å². The van der Waals surface area contributed by atoms with Crippen molar-refractivity contribution in [3.63, 3.8) is 0 Å². The molecule has 1 aliphatic heterocycles. The van der Waals surface area contributed by atoms with E-state index in [1.807, 2.05) is 0 Å². The number of methoxy groups -OCH3 is 1. The fourth-order valence-corrected chi connectivity index (χ4v) is 3.79. The lowest BCUT2D eigenvalue weighted by molar-refractivity contribution is -0.131. The molecule has 2 rings (SSSR count). The fourth-order valence-electron chi connectivity index (χ4n) is 1.84. The summed E-state index contributed by atoms with van der Waals surface area (Å²) in [6.45, 7) is 0.830. The van der Waals surface area contributed by atoms with Crippen molar-refractivity contribution >= 4 is 45.4 Å². The Hall–Kier alpha value is -1.67. The molecule has 8 heteroatoms. The Kier molecular flexibility index (Phi) is 6.79. The van der Waals surface area contributed by atoms with E-state index in [0.717, 1.165) is 16.7 Å². The quantitative estimate of drug-likeness (QED) is 0.846. The molecule has 0 aromatic heterocycles. The first kappa shape index (κ1) is 17.7. The molecule has 0 fully saturated rings. The molecule has 23 heavy (non-hydrogen) atoms. The summed E-state index contributed by atoms with van der Waals surface area (Å²) in [6.07, 6.45) is 0. The lowest BCUT2D eigenvalue weighted by Crippen LogP contribution is -2.36. The number of likely N-dealkylation sites (N-methyl/N-ethyl adjacent to an activating group) is 1. The lowest BCUT2D eigenvalue weighted by atomic mass is 10.3. The van der Waals surface area contributed by atoms with E-state index in [2.05, 4.69) is 10.3 Å². The van der Waals surface area contributed by atoms with Gasteiger partial charge in [-0.2, -0.15) is 0 Å². The van der Waals surface area contributed by atoms with E-state index < -0.39 is 0 Å². The maximum absolute atomic E-state index is 12.0. The Morgan fingerprint density at radius 3 is 3.00 bits per heavy atom. The van der Waals surface area contributed by atoms with E-state index in [4.69, 9.17) is 4.74 Å². The van der Waals surface area contributed by atoms with Gasteiger partial charge in [0.1, 0.15) is 10.1 Å². The zero-order valence-corrected chi connectivity index (χ0v) is 14.7. The number of nitrogens with one attached hydrogen (secondary N) is 1. The number of anilines is 1. The second kappa shape index (κ2) is 8.83. The van der Waals surface area contributed by atoms with Crippen LogP contribution in [0.4, 0.5) is 5.69 Å². The zero-order valence-electron chi connectivity index (χ0n) is 13.1. The predicted octanol–water partition coefficient (Wildman–Crippen LogP) is 1.93. The van der Waals surface area contributed by atoms with Crippen molar-refractivity contribution in [1.82, 2.24) is 4.90 Å². The van der Waals surface area contributed by atoms with E-state index in [1.165, 1.54) is 16.7 Å². The van der Waals surface area contributed by atoms with Crippen LogP contribution in [0.2, 0.25) is 0 Å². The Morgan fingerprint density at radius 2 is 2.30 bits per heavy atom. The van der Waals surface area contributed by atoms with E-state index in [9.17, 15) is 9.59 Å². The van der Waals surface area contributed by atoms with Gasteiger partial charge in [0, 0.05) is 24.6 Å². The van der Waals surface area contributed by atoms with E-state index in [1.54, 1.807) is 50.2 Å². The van der Waals surface area contributed by atoms with Crippen LogP contribution >= 0.6 is 23.5 Å². The second-order valence-electron chi connectivity index (χ2n) is 4.81. The molecule has 6 nitrogen and oxygen atoms in total. The molecule has 1 aromatic carbocycles. The van der Waals surface area contributed by atoms with Crippen molar-refractivity contribution in [3.8, 4) is 5.75 Å². The number of nitrogens with zero attached hydrogens (tertiary/aromatic N) is 2. The van der Waals surface area contributed by atoms with Crippen LogP contribution in [-0.2, 0) is 9.59 Å². The summed E-state index contributed by atoms with van der Waals surface area (Å²) in [7, 11) is 3.19. The summed E-state index contributed by atoms with van der Waals surface area (Å²) in [6, 6.07) is 7.09. The van der Waals surface area contributed by atoms with Crippen molar-refractivity contribution in [2.75, 3.05) is 44.1 Å². The Morgan fingerprint density at radius 1 is 1.48 bits per heavy atom. The number of amides is 2. The summed E-state index contributed by atoms with van der Waals surface area (Å²) >= 11 is 3.10. The largest absolute Gasteiger partial charge is 0.497 e. The number of benzene rings is 1. The van der Waals surface area contributed by atoms with Crippen molar-refractivity contribution in [2.45, 2.75) is 0 Å². The maximum atomic E-state index is 12.0. The van der Waals surface area contributed by atoms with Gasteiger partial charge in [-0.1, -0.05) is 29.6 Å². The van der Waals surface area contributed by atoms with E-state index >= 15 is 0 Å².